The van der Waals surface area contributed by atoms with E-state index in [-0.39, 0.29) is 5.54 Å². The highest BCUT2D eigenvalue weighted by Crippen LogP contribution is 2.18. The molecule has 1 aromatic heterocycles. The minimum atomic E-state index is -0.0124. The maximum atomic E-state index is 5.59. The number of anilines is 1. The Labute approximate surface area is 104 Å². The number of hydrogen-bond donors (Lipinski definition) is 2. The van der Waals surface area contributed by atoms with Gasteiger partial charge in [-0.15, -0.1) is 0 Å². The molecular weight excluding hydrogens is 303 g/mol. The van der Waals surface area contributed by atoms with Crippen molar-refractivity contribution >= 4 is 28.5 Å². The van der Waals surface area contributed by atoms with Gasteiger partial charge in [0, 0.05) is 21.5 Å². The number of nitrogens with zero attached hydrogens (tertiary/aromatic N) is 2. The summed E-state index contributed by atoms with van der Waals surface area (Å²) >= 11 is 2.19. The molecule has 0 spiro atoms. The first-order valence-electron chi connectivity index (χ1n) is 5.05. The lowest BCUT2D eigenvalue weighted by Gasteiger charge is -2.29. The second-order valence-electron chi connectivity index (χ2n) is 3.80. The highest BCUT2D eigenvalue weighted by atomic mass is 127. The molecule has 1 aromatic rings. The van der Waals surface area contributed by atoms with Crippen LogP contribution in [-0.2, 0) is 0 Å². The molecule has 1 atom stereocenters. The normalized spacial score (nSPS) is 14.7. The van der Waals surface area contributed by atoms with Crippen molar-refractivity contribution in [2.45, 2.75) is 32.2 Å². The summed E-state index contributed by atoms with van der Waals surface area (Å²) in [7, 11) is 0. The van der Waals surface area contributed by atoms with Crippen molar-refractivity contribution in [2.24, 2.45) is 5.73 Å². The number of hydrogen-bond acceptors (Lipinski definition) is 4. The Bertz CT molecular complexity index is 301. The topological polar surface area (TPSA) is 63.8 Å². The van der Waals surface area contributed by atoms with Crippen LogP contribution < -0.4 is 11.1 Å². The number of nitrogens with two attached hydrogens (primary N) is 1. The van der Waals surface area contributed by atoms with Crippen LogP contribution in [0.25, 0.3) is 0 Å². The van der Waals surface area contributed by atoms with E-state index in [2.05, 4.69) is 51.7 Å². The average molecular weight is 320 g/mol. The summed E-state index contributed by atoms with van der Waals surface area (Å²) in [5.74, 6) is 0.674. The third-order valence-electron chi connectivity index (χ3n) is 2.51. The standard InChI is InChI=1S/C10H17IN4/c1-3-10(2,4-5-12)15-9-13-6-8(11)7-14-9/h6-7H,3-5,12H2,1-2H3,(H,13,14,15). The molecule has 0 saturated carbocycles. The number of aromatic nitrogens is 2. The molecule has 84 valence electrons. The first-order valence-corrected chi connectivity index (χ1v) is 6.13. The zero-order valence-electron chi connectivity index (χ0n) is 9.13. The van der Waals surface area contributed by atoms with Crippen molar-refractivity contribution in [2.75, 3.05) is 11.9 Å². The van der Waals surface area contributed by atoms with Gasteiger partial charge in [0.1, 0.15) is 0 Å². The Morgan fingerprint density at radius 3 is 2.53 bits per heavy atom. The zero-order chi connectivity index (χ0) is 11.3. The summed E-state index contributed by atoms with van der Waals surface area (Å²) in [6.45, 7) is 4.94. The molecule has 1 heterocycles. The van der Waals surface area contributed by atoms with E-state index in [0.29, 0.717) is 12.5 Å². The van der Waals surface area contributed by atoms with Gasteiger partial charge in [0.15, 0.2) is 0 Å². The van der Waals surface area contributed by atoms with Crippen LogP contribution in [0.4, 0.5) is 5.95 Å². The van der Waals surface area contributed by atoms with Crippen LogP contribution in [0, 0.1) is 3.57 Å². The van der Waals surface area contributed by atoms with Crippen LogP contribution in [0.2, 0.25) is 0 Å². The third kappa shape index (κ3) is 3.90. The number of nitrogens with one attached hydrogen (secondary N) is 1. The highest BCUT2D eigenvalue weighted by Gasteiger charge is 2.21. The van der Waals surface area contributed by atoms with E-state index < -0.39 is 0 Å². The molecular formula is C10H17IN4. The van der Waals surface area contributed by atoms with Gasteiger partial charge in [-0.05, 0) is 48.9 Å². The van der Waals surface area contributed by atoms with Crippen molar-refractivity contribution in [1.29, 1.82) is 0 Å². The molecule has 1 unspecified atom stereocenters. The lowest BCUT2D eigenvalue weighted by atomic mass is 9.95. The highest BCUT2D eigenvalue weighted by molar-refractivity contribution is 14.1. The van der Waals surface area contributed by atoms with Gasteiger partial charge in [0.2, 0.25) is 5.95 Å². The molecule has 0 fully saturated rings. The molecule has 0 amide bonds. The average Bonchev–Trinajstić information content (AvgIpc) is 2.22. The predicted molar refractivity (Wildman–Crippen MR) is 70.7 cm³/mol. The van der Waals surface area contributed by atoms with Crippen molar-refractivity contribution < 1.29 is 0 Å². The van der Waals surface area contributed by atoms with Crippen molar-refractivity contribution in [1.82, 2.24) is 9.97 Å². The van der Waals surface area contributed by atoms with E-state index in [9.17, 15) is 0 Å². The molecule has 0 radical (unpaired) electrons. The lowest BCUT2D eigenvalue weighted by molar-refractivity contribution is 0.460. The number of halogens is 1. The van der Waals surface area contributed by atoms with Crippen LogP contribution >= 0.6 is 22.6 Å². The van der Waals surface area contributed by atoms with Crippen LogP contribution in [0.5, 0.6) is 0 Å². The first kappa shape index (κ1) is 12.6. The Balaban J connectivity index is 2.70. The Hall–Kier alpha value is -0.430. The van der Waals surface area contributed by atoms with E-state index in [1.807, 2.05) is 0 Å². The molecule has 0 aliphatic rings. The Morgan fingerprint density at radius 1 is 1.47 bits per heavy atom. The smallest absolute Gasteiger partial charge is 0.223 e. The summed E-state index contributed by atoms with van der Waals surface area (Å²) in [6, 6.07) is 0. The minimum absolute atomic E-state index is 0.0124. The summed E-state index contributed by atoms with van der Waals surface area (Å²) in [5, 5.41) is 3.33. The molecule has 3 N–H and O–H groups in total. The fourth-order valence-electron chi connectivity index (χ4n) is 1.29. The van der Waals surface area contributed by atoms with E-state index >= 15 is 0 Å². The maximum Gasteiger partial charge on any atom is 0.223 e. The lowest BCUT2D eigenvalue weighted by Crippen LogP contribution is -2.37. The predicted octanol–water partition coefficient (Wildman–Crippen LogP) is 2.01. The van der Waals surface area contributed by atoms with Gasteiger partial charge in [0.25, 0.3) is 0 Å². The zero-order valence-corrected chi connectivity index (χ0v) is 11.3. The molecule has 4 nitrogen and oxygen atoms in total. The SMILES string of the molecule is CCC(C)(CCN)Nc1ncc(I)cn1. The Morgan fingerprint density at radius 2 is 2.07 bits per heavy atom. The number of rotatable bonds is 5. The third-order valence-corrected chi connectivity index (χ3v) is 3.07. The monoisotopic (exact) mass is 320 g/mol. The Kier molecular flexibility index (Phi) is 4.72. The fraction of sp³-hybridized carbons (Fsp3) is 0.600. The summed E-state index contributed by atoms with van der Waals surface area (Å²) in [4.78, 5) is 8.45. The first-order chi connectivity index (χ1) is 7.09. The second-order valence-corrected chi connectivity index (χ2v) is 5.05. The summed E-state index contributed by atoms with van der Waals surface area (Å²) in [5.41, 5.74) is 5.57. The van der Waals surface area contributed by atoms with Gasteiger partial charge in [-0.2, -0.15) is 0 Å². The van der Waals surface area contributed by atoms with Gasteiger partial charge in [-0.1, -0.05) is 6.92 Å². The van der Waals surface area contributed by atoms with Gasteiger partial charge >= 0.3 is 0 Å². The quantitative estimate of drug-likeness (QED) is 0.815. The van der Waals surface area contributed by atoms with Crippen molar-refractivity contribution in [3.8, 4) is 0 Å². The molecule has 15 heavy (non-hydrogen) atoms. The molecule has 0 aliphatic heterocycles. The van der Waals surface area contributed by atoms with E-state index in [0.717, 1.165) is 16.4 Å². The molecule has 0 aromatic carbocycles. The summed E-state index contributed by atoms with van der Waals surface area (Å²) < 4.78 is 1.04. The summed E-state index contributed by atoms with van der Waals surface area (Å²) in [6.07, 6.45) is 5.52. The minimum Gasteiger partial charge on any atom is -0.349 e. The van der Waals surface area contributed by atoms with Gasteiger partial charge < -0.3 is 11.1 Å². The molecule has 5 heteroatoms. The van der Waals surface area contributed by atoms with Crippen molar-refractivity contribution in [3.63, 3.8) is 0 Å². The fourth-order valence-corrected chi connectivity index (χ4v) is 1.57. The van der Waals surface area contributed by atoms with Crippen LogP contribution in [-0.4, -0.2) is 22.1 Å². The maximum absolute atomic E-state index is 5.59. The van der Waals surface area contributed by atoms with Crippen LogP contribution in [0.1, 0.15) is 26.7 Å². The van der Waals surface area contributed by atoms with Crippen LogP contribution in [0.15, 0.2) is 12.4 Å². The van der Waals surface area contributed by atoms with Gasteiger partial charge in [0.05, 0.1) is 0 Å². The van der Waals surface area contributed by atoms with E-state index in [4.69, 9.17) is 5.73 Å². The second kappa shape index (κ2) is 5.60. The molecule has 1 rings (SSSR count). The molecule has 0 aliphatic carbocycles. The van der Waals surface area contributed by atoms with E-state index in [1.54, 1.807) is 12.4 Å². The molecule has 0 saturated heterocycles. The largest absolute Gasteiger partial charge is 0.349 e. The molecule has 0 bridgehead atoms. The van der Waals surface area contributed by atoms with Gasteiger partial charge in [-0.25, -0.2) is 9.97 Å². The van der Waals surface area contributed by atoms with Crippen molar-refractivity contribution in [3.05, 3.63) is 16.0 Å². The van der Waals surface area contributed by atoms with E-state index in [1.165, 1.54) is 0 Å². The van der Waals surface area contributed by atoms with Crippen LogP contribution in [0.3, 0.4) is 0 Å². The van der Waals surface area contributed by atoms with Gasteiger partial charge in [-0.3, -0.25) is 0 Å².